The van der Waals surface area contributed by atoms with Crippen LogP contribution in [0.3, 0.4) is 0 Å². The van der Waals surface area contributed by atoms with E-state index in [1.807, 2.05) is 38.1 Å². The third kappa shape index (κ3) is 3.19. The molecule has 0 unspecified atom stereocenters. The number of carbonyl (C=O) groups is 1. The fraction of sp³-hybridized carbons (Fsp3) is 0.150. The molecule has 0 bridgehead atoms. The van der Waals surface area contributed by atoms with Crippen LogP contribution in [0.4, 0.5) is 0 Å². The number of allylic oxidation sites excluding steroid dienone is 1. The molecule has 23 heavy (non-hydrogen) atoms. The molecular weight excluding hydrogens is 288 g/mol. The van der Waals surface area contributed by atoms with Crippen molar-refractivity contribution in [3.63, 3.8) is 0 Å². The van der Waals surface area contributed by atoms with E-state index < -0.39 is 0 Å². The summed E-state index contributed by atoms with van der Waals surface area (Å²) >= 11 is 0. The summed E-state index contributed by atoms with van der Waals surface area (Å²) in [5, 5.41) is 0. The number of aryl methyl sites for hydroxylation is 1. The first-order valence-corrected chi connectivity index (χ1v) is 7.46. The summed E-state index contributed by atoms with van der Waals surface area (Å²) in [6.07, 6.45) is 1.78. The Hall–Kier alpha value is -2.81. The van der Waals surface area contributed by atoms with E-state index in [4.69, 9.17) is 9.47 Å². The highest BCUT2D eigenvalue weighted by atomic mass is 16.5. The Morgan fingerprint density at radius 1 is 1.26 bits per heavy atom. The Labute approximate surface area is 135 Å². The summed E-state index contributed by atoms with van der Waals surface area (Å²) < 4.78 is 11.3. The molecule has 0 fully saturated rings. The van der Waals surface area contributed by atoms with Gasteiger partial charge in [-0.1, -0.05) is 30.8 Å². The molecule has 0 aliphatic carbocycles. The van der Waals surface area contributed by atoms with Gasteiger partial charge >= 0.3 is 0 Å². The number of hydrogen-bond acceptors (Lipinski definition) is 3. The Bertz CT molecular complexity index is 815. The lowest BCUT2D eigenvalue weighted by Crippen LogP contribution is -1.98. The van der Waals surface area contributed by atoms with Crippen molar-refractivity contribution in [1.82, 2.24) is 0 Å². The van der Waals surface area contributed by atoms with Gasteiger partial charge in [0.2, 0.25) is 5.78 Å². The molecule has 0 atom stereocenters. The fourth-order valence-corrected chi connectivity index (χ4v) is 2.35. The number of rotatable bonds is 4. The van der Waals surface area contributed by atoms with Crippen molar-refractivity contribution in [2.75, 3.05) is 6.61 Å². The second-order valence-electron chi connectivity index (χ2n) is 5.70. The first kappa shape index (κ1) is 15.1. The lowest BCUT2D eigenvalue weighted by molar-refractivity contribution is 0.101. The quantitative estimate of drug-likeness (QED) is 0.613. The normalized spacial score (nSPS) is 14.5. The van der Waals surface area contributed by atoms with Gasteiger partial charge in [-0.25, -0.2) is 0 Å². The smallest absolute Gasteiger partial charge is 0.231 e. The van der Waals surface area contributed by atoms with Crippen LogP contribution >= 0.6 is 0 Å². The second kappa shape index (κ2) is 6.13. The summed E-state index contributed by atoms with van der Waals surface area (Å²) in [5.74, 6) is 1.44. The van der Waals surface area contributed by atoms with Gasteiger partial charge in [-0.3, -0.25) is 4.79 Å². The lowest BCUT2D eigenvalue weighted by Gasteiger charge is -2.06. The van der Waals surface area contributed by atoms with Gasteiger partial charge in [-0.05, 0) is 48.8 Å². The van der Waals surface area contributed by atoms with Crippen molar-refractivity contribution < 1.29 is 14.3 Å². The zero-order chi connectivity index (χ0) is 16.4. The van der Waals surface area contributed by atoms with E-state index in [2.05, 4.69) is 6.58 Å². The molecule has 3 nitrogen and oxygen atoms in total. The summed E-state index contributed by atoms with van der Waals surface area (Å²) in [4.78, 5) is 12.4. The van der Waals surface area contributed by atoms with Crippen LogP contribution in [0.25, 0.3) is 6.08 Å². The predicted molar refractivity (Wildman–Crippen MR) is 90.9 cm³/mol. The van der Waals surface area contributed by atoms with Crippen molar-refractivity contribution in [2.45, 2.75) is 13.8 Å². The van der Waals surface area contributed by atoms with Crippen LogP contribution in [0.15, 0.2) is 60.4 Å². The maximum atomic E-state index is 12.4. The molecule has 2 aromatic rings. The van der Waals surface area contributed by atoms with Gasteiger partial charge in [-0.2, -0.15) is 0 Å². The number of ketones is 1. The van der Waals surface area contributed by atoms with Gasteiger partial charge in [-0.15, -0.1) is 0 Å². The molecule has 1 aliphatic heterocycles. The number of ether oxygens (including phenoxy) is 2. The van der Waals surface area contributed by atoms with Crippen LogP contribution in [0.1, 0.15) is 28.4 Å². The number of hydrogen-bond donors (Lipinski definition) is 0. The van der Waals surface area contributed by atoms with Crippen LogP contribution in [0, 0.1) is 6.92 Å². The van der Waals surface area contributed by atoms with Crippen molar-refractivity contribution in [3.05, 3.63) is 77.1 Å². The summed E-state index contributed by atoms with van der Waals surface area (Å²) in [6, 6.07) is 13.1. The van der Waals surface area contributed by atoms with Gasteiger partial charge in [0.1, 0.15) is 18.1 Å². The number of fused-ring (bicyclic) bond motifs is 1. The van der Waals surface area contributed by atoms with Gasteiger partial charge in [0, 0.05) is 6.07 Å². The van der Waals surface area contributed by atoms with E-state index >= 15 is 0 Å². The Kier molecular flexibility index (Phi) is 4.02. The molecule has 0 saturated heterocycles. The van der Waals surface area contributed by atoms with Gasteiger partial charge in [0.25, 0.3) is 0 Å². The highest BCUT2D eigenvalue weighted by Gasteiger charge is 2.27. The average Bonchev–Trinajstić information content (AvgIpc) is 2.83. The molecule has 2 aromatic carbocycles. The zero-order valence-corrected chi connectivity index (χ0v) is 13.3. The molecule has 116 valence electrons. The minimum absolute atomic E-state index is 0.102. The first-order valence-electron chi connectivity index (χ1n) is 7.46. The molecule has 0 N–H and O–H groups in total. The molecule has 0 aromatic heterocycles. The van der Waals surface area contributed by atoms with Gasteiger partial charge in [0.15, 0.2) is 5.76 Å². The SMILES string of the molecule is C=C(C)COc1ccc2c(c1)O/C(=C/c1ccccc1C)C2=O. The number of carbonyl (C=O) groups excluding carboxylic acids is 1. The van der Waals surface area contributed by atoms with Crippen LogP contribution in [0.5, 0.6) is 11.5 Å². The standard InChI is InChI=1S/C20H18O3/c1-13(2)12-22-16-8-9-17-18(11-16)23-19(20(17)21)10-15-7-5-4-6-14(15)3/h4-11H,1,12H2,2-3H3/b19-10+. The van der Waals surface area contributed by atoms with E-state index in [0.29, 0.717) is 29.4 Å². The Morgan fingerprint density at radius 3 is 2.78 bits per heavy atom. The fourth-order valence-electron chi connectivity index (χ4n) is 2.35. The molecule has 1 aliphatic rings. The largest absolute Gasteiger partial charge is 0.489 e. The van der Waals surface area contributed by atoms with Gasteiger partial charge < -0.3 is 9.47 Å². The van der Waals surface area contributed by atoms with Crippen LogP contribution in [-0.4, -0.2) is 12.4 Å². The molecule has 0 amide bonds. The minimum atomic E-state index is -0.102. The van der Waals surface area contributed by atoms with E-state index in [1.54, 1.807) is 24.3 Å². The highest BCUT2D eigenvalue weighted by Crippen LogP contribution is 2.35. The summed E-state index contributed by atoms with van der Waals surface area (Å²) in [6.45, 7) is 8.15. The predicted octanol–water partition coefficient (Wildman–Crippen LogP) is 4.57. The van der Waals surface area contributed by atoms with Crippen LogP contribution < -0.4 is 9.47 Å². The number of Topliss-reactive ketones (excluding diaryl/α,β-unsaturated/α-hetero) is 1. The van der Waals surface area contributed by atoms with E-state index in [9.17, 15) is 4.79 Å². The zero-order valence-electron chi connectivity index (χ0n) is 13.3. The Balaban J connectivity index is 1.87. The van der Waals surface area contributed by atoms with E-state index in [0.717, 1.165) is 16.7 Å². The molecular formula is C20H18O3. The molecule has 3 heteroatoms. The Morgan fingerprint density at radius 2 is 2.04 bits per heavy atom. The first-order chi connectivity index (χ1) is 11.0. The third-order valence-electron chi connectivity index (χ3n) is 3.60. The maximum absolute atomic E-state index is 12.4. The topological polar surface area (TPSA) is 35.5 Å². The van der Waals surface area contributed by atoms with Crippen molar-refractivity contribution in [1.29, 1.82) is 0 Å². The maximum Gasteiger partial charge on any atom is 0.231 e. The lowest BCUT2D eigenvalue weighted by atomic mass is 10.1. The van der Waals surface area contributed by atoms with E-state index in [-0.39, 0.29) is 5.78 Å². The summed E-state index contributed by atoms with van der Waals surface area (Å²) in [5.41, 5.74) is 3.57. The third-order valence-corrected chi connectivity index (χ3v) is 3.60. The second-order valence-corrected chi connectivity index (χ2v) is 5.70. The van der Waals surface area contributed by atoms with Crippen molar-refractivity contribution in [2.24, 2.45) is 0 Å². The molecule has 0 radical (unpaired) electrons. The van der Waals surface area contributed by atoms with Crippen molar-refractivity contribution in [3.8, 4) is 11.5 Å². The summed E-state index contributed by atoms with van der Waals surface area (Å²) in [7, 11) is 0. The van der Waals surface area contributed by atoms with E-state index in [1.165, 1.54) is 0 Å². The van der Waals surface area contributed by atoms with Crippen molar-refractivity contribution >= 4 is 11.9 Å². The molecule has 1 heterocycles. The highest BCUT2D eigenvalue weighted by molar-refractivity contribution is 6.14. The average molecular weight is 306 g/mol. The van der Waals surface area contributed by atoms with Crippen LogP contribution in [-0.2, 0) is 0 Å². The number of benzene rings is 2. The van der Waals surface area contributed by atoms with Gasteiger partial charge in [0.05, 0.1) is 5.56 Å². The molecule has 0 spiro atoms. The monoisotopic (exact) mass is 306 g/mol. The minimum Gasteiger partial charge on any atom is -0.489 e. The molecule has 3 rings (SSSR count). The molecule has 0 saturated carbocycles. The van der Waals surface area contributed by atoms with Crippen LogP contribution in [0.2, 0.25) is 0 Å².